The zero-order valence-electron chi connectivity index (χ0n) is 15.1. The number of amides is 2. The van der Waals surface area contributed by atoms with Gasteiger partial charge in [0.1, 0.15) is 0 Å². The Bertz CT molecular complexity index is 753. The quantitative estimate of drug-likeness (QED) is 0.868. The van der Waals surface area contributed by atoms with Crippen LogP contribution in [0.2, 0.25) is 0 Å². The van der Waals surface area contributed by atoms with Gasteiger partial charge in [0.15, 0.2) is 0 Å². The number of nitrogens with zero attached hydrogens (tertiary/aromatic N) is 1. The molecule has 0 unspecified atom stereocenters. The molecule has 1 aliphatic rings. The highest BCUT2D eigenvalue weighted by molar-refractivity contribution is 5.95. The molecule has 1 aliphatic heterocycles. The average molecular weight is 351 g/mol. The van der Waals surface area contributed by atoms with E-state index in [9.17, 15) is 9.59 Å². The van der Waals surface area contributed by atoms with E-state index < -0.39 is 0 Å². The summed E-state index contributed by atoms with van der Waals surface area (Å²) in [6.07, 6.45) is 1.88. The molecule has 136 valence electrons. The number of carbonyl (C=O) groups is 2. The Morgan fingerprint density at radius 2 is 1.69 bits per heavy atom. The number of rotatable bonds is 5. The van der Waals surface area contributed by atoms with E-state index >= 15 is 0 Å². The van der Waals surface area contributed by atoms with Crippen molar-refractivity contribution in [3.05, 3.63) is 60.2 Å². The molecule has 2 aromatic carbocycles. The SMILES string of the molecule is CC(=O)N1CCC(CNC(=O)c2cccc(Nc3ccccc3)c2)CC1. The normalized spacial score (nSPS) is 14.7. The molecule has 5 heteroatoms. The van der Waals surface area contributed by atoms with Gasteiger partial charge in [0, 0.05) is 43.5 Å². The van der Waals surface area contributed by atoms with Crippen LogP contribution >= 0.6 is 0 Å². The molecule has 3 rings (SSSR count). The van der Waals surface area contributed by atoms with Crippen LogP contribution in [0, 0.1) is 5.92 Å². The number of hydrogen-bond donors (Lipinski definition) is 2. The summed E-state index contributed by atoms with van der Waals surface area (Å²) in [5, 5.41) is 6.34. The minimum absolute atomic E-state index is 0.0595. The highest BCUT2D eigenvalue weighted by Gasteiger charge is 2.21. The van der Waals surface area contributed by atoms with Crippen molar-refractivity contribution < 1.29 is 9.59 Å². The average Bonchev–Trinajstić information content (AvgIpc) is 2.67. The fourth-order valence-corrected chi connectivity index (χ4v) is 3.22. The van der Waals surface area contributed by atoms with Gasteiger partial charge in [-0.25, -0.2) is 0 Å². The lowest BCUT2D eigenvalue weighted by Gasteiger charge is -2.31. The molecule has 1 saturated heterocycles. The van der Waals surface area contributed by atoms with Crippen molar-refractivity contribution in [2.75, 3.05) is 25.0 Å². The lowest BCUT2D eigenvalue weighted by atomic mass is 9.96. The van der Waals surface area contributed by atoms with Gasteiger partial charge in [0.25, 0.3) is 5.91 Å². The smallest absolute Gasteiger partial charge is 0.251 e. The summed E-state index contributed by atoms with van der Waals surface area (Å²) in [7, 11) is 0. The molecule has 26 heavy (non-hydrogen) atoms. The van der Waals surface area contributed by atoms with Crippen LogP contribution in [-0.2, 0) is 4.79 Å². The maximum Gasteiger partial charge on any atom is 0.251 e. The molecule has 0 aliphatic carbocycles. The van der Waals surface area contributed by atoms with E-state index in [0.29, 0.717) is 18.0 Å². The zero-order valence-corrected chi connectivity index (χ0v) is 15.1. The van der Waals surface area contributed by atoms with Gasteiger partial charge in [0.2, 0.25) is 5.91 Å². The van der Waals surface area contributed by atoms with Crippen molar-refractivity contribution in [2.45, 2.75) is 19.8 Å². The summed E-state index contributed by atoms with van der Waals surface area (Å²) < 4.78 is 0. The predicted molar refractivity (Wildman–Crippen MR) is 103 cm³/mol. The summed E-state index contributed by atoms with van der Waals surface area (Å²) >= 11 is 0. The lowest BCUT2D eigenvalue weighted by Crippen LogP contribution is -2.40. The Kier molecular flexibility index (Phi) is 5.89. The van der Waals surface area contributed by atoms with Crippen LogP contribution in [0.4, 0.5) is 11.4 Å². The fraction of sp³-hybridized carbons (Fsp3) is 0.333. The van der Waals surface area contributed by atoms with Crippen LogP contribution in [0.3, 0.4) is 0 Å². The largest absolute Gasteiger partial charge is 0.356 e. The third-order valence-corrected chi connectivity index (χ3v) is 4.80. The standard InChI is InChI=1S/C21H25N3O2/c1-16(25)24-12-10-17(11-13-24)15-22-21(26)18-6-5-9-20(14-18)23-19-7-3-2-4-8-19/h2-9,14,17,23H,10-13,15H2,1H3,(H,22,26). The monoisotopic (exact) mass is 351 g/mol. The first-order valence-corrected chi connectivity index (χ1v) is 9.07. The van der Waals surface area contributed by atoms with Crippen molar-refractivity contribution in [1.82, 2.24) is 10.2 Å². The molecule has 0 aromatic heterocycles. The molecule has 2 amide bonds. The van der Waals surface area contributed by atoms with Gasteiger partial charge in [-0.05, 0) is 49.1 Å². The Balaban J connectivity index is 1.52. The second kappa shape index (κ2) is 8.52. The number of nitrogens with one attached hydrogen (secondary N) is 2. The first-order valence-electron chi connectivity index (χ1n) is 9.07. The van der Waals surface area contributed by atoms with E-state index in [2.05, 4.69) is 10.6 Å². The second-order valence-electron chi connectivity index (χ2n) is 6.73. The minimum atomic E-state index is -0.0595. The van der Waals surface area contributed by atoms with E-state index in [1.54, 1.807) is 6.92 Å². The fourth-order valence-electron chi connectivity index (χ4n) is 3.22. The van der Waals surface area contributed by atoms with Crippen molar-refractivity contribution >= 4 is 23.2 Å². The molecule has 0 bridgehead atoms. The Labute approximate surface area is 154 Å². The number of benzene rings is 2. The van der Waals surface area contributed by atoms with Gasteiger partial charge in [0.05, 0.1) is 0 Å². The van der Waals surface area contributed by atoms with E-state index in [1.807, 2.05) is 59.5 Å². The van der Waals surface area contributed by atoms with Crippen molar-refractivity contribution in [3.63, 3.8) is 0 Å². The summed E-state index contributed by atoms with van der Waals surface area (Å²) in [5.74, 6) is 0.506. The van der Waals surface area contributed by atoms with E-state index in [1.165, 1.54) is 0 Å². The van der Waals surface area contributed by atoms with Crippen molar-refractivity contribution in [2.24, 2.45) is 5.92 Å². The summed E-state index contributed by atoms with van der Waals surface area (Å²) in [6, 6.07) is 17.4. The Hall–Kier alpha value is -2.82. The molecule has 0 atom stereocenters. The Morgan fingerprint density at radius 1 is 1.00 bits per heavy atom. The van der Waals surface area contributed by atoms with Crippen LogP contribution in [0.1, 0.15) is 30.1 Å². The zero-order chi connectivity index (χ0) is 18.4. The van der Waals surface area contributed by atoms with Crippen LogP contribution in [-0.4, -0.2) is 36.3 Å². The number of para-hydroxylation sites is 1. The molecule has 5 nitrogen and oxygen atoms in total. The highest BCUT2D eigenvalue weighted by atomic mass is 16.2. The molecule has 1 heterocycles. The van der Waals surface area contributed by atoms with E-state index in [0.717, 1.165) is 37.3 Å². The first-order chi connectivity index (χ1) is 12.6. The van der Waals surface area contributed by atoms with Gasteiger partial charge in [-0.2, -0.15) is 0 Å². The number of carbonyl (C=O) groups excluding carboxylic acids is 2. The lowest BCUT2D eigenvalue weighted by molar-refractivity contribution is -0.130. The van der Waals surface area contributed by atoms with Crippen molar-refractivity contribution in [1.29, 1.82) is 0 Å². The third kappa shape index (κ3) is 4.85. The van der Waals surface area contributed by atoms with Gasteiger partial charge < -0.3 is 15.5 Å². The molecule has 2 aromatic rings. The third-order valence-electron chi connectivity index (χ3n) is 4.80. The first kappa shape index (κ1) is 18.0. The number of anilines is 2. The number of likely N-dealkylation sites (tertiary alicyclic amines) is 1. The molecule has 2 N–H and O–H groups in total. The van der Waals surface area contributed by atoms with E-state index in [-0.39, 0.29) is 11.8 Å². The van der Waals surface area contributed by atoms with Crippen LogP contribution in [0.5, 0.6) is 0 Å². The van der Waals surface area contributed by atoms with Crippen LogP contribution < -0.4 is 10.6 Å². The second-order valence-corrected chi connectivity index (χ2v) is 6.73. The van der Waals surface area contributed by atoms with Gasteiger partial charge in [-0.1, -0.05) is 24.3 Å². The molecule has 0 spiro atoms. The van der Waals surface area contributed by atoms with Crippen LogP contribution in [0.25, 0.3) is 0 Å². The summed E-state index contributed by atoms with van der Waals surface area (Å²) in [6.45, 7) is 3.83. The topological polar surface area (TPSA) is 61.4 Å². The number of piperidine rings is 1. The Morgan fingerprint density at radius 3 is 2.38 bits per heavy atom. The number of hydrogen-bond acceptors (Lipinski definition) is 3. The predicted octanol–water partition coefficient (Wildman–Crippen LogP) is 3.42. The molecule has 0 radical (unpaired) electrons. The highest BCUT2D eigenvalue weighted by Crippen LogP contribution is 2.19. The molecular weight excluding hydrogens is 326 g/mol. The van der Waals surface area contributed by atoms with Crippen molar-refractivity contribution in [3.8, 4) is 0 Å². The maximum atomic E-state index is 12.5. The summed E-state index contributed by atoms with van der Waals surface area (Å²) in [4.78, 5) is 25.7. The maximum absolute atomic E-state index is 12.5. The summed E-state index contributed by atoms with van der Waals surface area (Å²) in [5.41, 5.74) is 2.52. The molecule has 0 saturated carbocycles. The molecular formula is C21H25N3O2. The van der Waals surface area contributed by atoms with Gasteiger partial charge in [-0.15, -0.1) is 0 Å². The van der Waals surface area contributed by atoms with Gasteiger partial charge >= 0.3 is 0 Å². The molecule has 1 fully saturated rings. The van der Waals surface area contributed by atoms with Gasteiger partial charge in [-0.3, -0.25) is 9.59 Å². The minimum Gasteiger partial charge on any atom is -0.356 e. The van der Waals surface area contributed by atoms with Crippen LogP contribution in [0.15, 0.2) is 54.6 Å². The van der Waals surface area contributed by atoms with E-state index in [4.69, 9.17) is 0 Å².